The number of thiazole rings is 1. The van der Waals surface area contributed by atoms with Crippen LogP contribution >= 0.6 is 11.3 Å². The zero-order valence-corrected chi connectivity index (χ0v) is 11.1. The van der Waals surface area contributed by atoms with Gasteiger partial charge in [-0.15, -0.1) is 11.3 Å². The number of hydrogen-bond donors (Lipinski definition) is 2. The van der Waals surface area contributed by atoms with Crippen molar-refractivity contribution in [1.29, 1.82) is 0 Å². The number of rotatable bonds is 5. The minimum absolute atomic E-state index is 0.0933. The zero-order chi connectivity index (χ0) is 13.8. The monoisotopic (exact) mass is 279 g/mol. The van der Waals surface area contributed by atoms with E-state index in [0.29, 0.717) is 0 Å². The van der Waals surface area contributed by atoms with Gasteiger partial charge in [0.05, 0.1) is 11.0 Å². The molecule has 2 heterocycles. The number of hydrogen-bond acceptors (Lipinski definition) is 7. The fourth-order valence-electron chi connectivity index (χ4n) is 1.63. The van der Waals surface area contributed by atoms with Crippen LogP contribution in [0.2, 0.25) is 0 Å². The van der Waals surface area contributed by atoms with Crippen molar-refractivity contribution in [2.24, 2.45) is 0 Å². The molecule has 7 nitrogen and oxygen atoms in total. The second kappa shape index (κ2) is 5.61. The number of nitro groups is 1. The van der Waals surface area contributed by atoms with E-state index in [0.717, 1.165) is 11.4 Å². The van der Waals surface area contributed by atoms with Gasteiger partial charge in [-0.1, -0.05) is 6.92 Å². The second-order valence-electron chi connectivity index (χ2n) is 3.84. The standard InChI is InChI=1S/C11H13N5O2S/c1-2-7(11-13-5-6-19-11)14-10-8(16(17)18)3-4-9(12)15-10/h3-7H,2H2,1H3,(H3,12,14,15). The third-order valence-electron chi connectivity index (χ3n) is 2.56. The van der Waals surface area contributed by atoms with Gasteiger partial charge < -0.3 is 11.1 Å². The summed E-state index contributed by atoms with van der Waals surface area (Å²) in [6.45, 7) is 1.97. The predicted octanol–water partition coefficient (Wildman–Crippen LogP) is 2.59. The van der Waals surface area contributed by atoms with Gasteiger partial charge >= 0.3 is 5.69 Å². The lowest BCUT2D eigenvalue weighted by Gasteiger charge is -2.15. The summed E-state index contributed by atoms with van der Waals surface area (Å²) in [5, 5.41) is 16.7. The number of pyridine rings is 1. The van der Waals surface area contributed by atoms with Gasteiger partial charge in [-0.2, -0.15) is 0 Å². The van der Waals surface area contributed by atoms with Crippen molar-refractivity contribution < 1.29 is 4.92 Å². The Labute approximate surface area is 113 Å². The maximum absolute atomic E-state index is 11.0. The van der Waals surface area contributed by atoms with E-state index >= 15 is 0 Å². The van der Waals surface area contributed by atoms with Crippen LogP contribution in [-0.4, -0.2) is 14.9 Å². The van der Waals surface area contributed by atoms with Crippen LogP contribution in [0.4, 0.5) is 17.3 Å². The lowest BCUT2D eigenvalue weighted by molar-refractivity contribution is -0.384. The highest BCUT2D eigenvalue weighted by Gasteiger charge is 2.20. The average Bonchev–Trinajstić information content (AvgIpc) is 2.89. The van der Waals surface area contributed by atoms with Crippen molar-refractivity contribution in [3.05, 3.63) is 38.8 Å². The summed E-state index contributed by atoms with van der Waals surface area (Å²) in [4.78, 5) is 18.7. The van der Waals surface area contributed by atoms with Crippen LogP contribution in [0.1, 0.15) is 24.4 Å². The molecule has 0 bridgehead atoms. The van der Waals surface area contributed by atoms with Crippen LogP contribution < -0.4 is 11.1 Å². The lowest BCUT2D eigenvalue weighted by atomic mass is 10.2. The normalized spacial score (nSPS) is 12.1. The maximum Gasteiger partial charge on any atom is 0.311 e. The summed E-state index contributed by atoms with van der Waals surface area (Å²) < 4.78 is 0. The number of nitrogens with one attached hydrogen (secondary N) is 1. The molecule has 2 rings (SSSR count). The van der Waals surface area contributed by atoms with E-state index in [2.05, 4.69) is 15.3 Å². The van der Waals surface area contributed by atoms with Crippen molar-refractivity contribution in [2.45, 2.75) is 19.4 Å². The van der Waals surface area contributed by atoms with E-state index in [4.69, 9.17) is 5.73 Å². The molecule has 0 saturated carbocycles. The first-order valence-electron chi connectivity index (χ1n) is 5.68. The average molecular weight is 279 g/mol. The van der Waals surface area contributed by atoms with Gasteiger partial charge in [0, 0.05) is 17.6 Å². The maximum atomic E-state index is 11.0. The number of nitrogens with zero attached hydrogens (tertiary/aromatic N) is 3. The van der Waals surface area contributed by atoms with Crippen LogP contribution in [0.3, 0.4) is 0 Å². The van der Waals surface area contributed by atoms with Crippen LogP contribution in [0.5, 0.6) is 0 Å². The Morgan fingerprint density at radius 2 is 2.37 bits per heavy atom. The van der Waals surface area contributed by atoms with Gasteiger partial charge in [-0.25, -0.2) is 9.97 Å². The smallest absolute Gasteiger partial charge is 0.311 e. The first-order valence-corrected chi connectivity index (χ1v) is 6.56. The first-order chi connectivity index (χ1) is 9.11. The minimum atomic E-state index is -0.483. The molecule has 8 heteroatoms. The molecule has 0 aliphatic carbocycles. The van der Waals surface area contributed by atoms with Crippen molar-refractivity contribution in [2.75, 3.05) is 11.1 Å². The van der Waals surface area contributed by atoms with Crippen LogP contribution in [0.15, 0.2) is 23.7 Å². The largest absolute Gasteiger partial charge is 0.384 e. The summed E-state index contributed by atoms with van der Waals surface area (Å²) in [7, 11) is 0. The molecular formula is C11H13N5O2S. The molecule has 19 heavy (non-hydrogen) atoms. The summed E-state index contributed by atoms with van der Waals surface area (Å²) >= 11 is 1.49. The predicted molar refractivity (Wildman–Crippen MR) is 74.1 cm³/mol. The molecule has 100 valence electrons. The molecule has 0 amide bonds. The highest BCUT2D eigenvalue weighted by atomic mass is 32.1. The second-order valence-corrected chi connectivity index (χ2v) is 4.76. The third kappa shape index (κ3) is 2.97. The Balaban J connectivity index is 2.31. The number of nitrogens with two attached hydrogens (primary N) is 1. The number of aromatic nitrogens is 2. The van der Waals surface area contributed by atoms with Gasteiger partial charge in [-0.3, -0.25) is 10.1 Å². The molecule has 0 fully saturated rings. The molecule has 3 N–H and O–H groups in total. The summed E-state index contributed by atoms with van der Waals surface area (Å²) in [5.74, 6) is 0.411. The van der Waals surface area contributed by atoms with Gasteiger partial charge in [0.25, 0.3) is 0 Å². The Morgan fingerprint density at radius 1 is 1.58 bits per heavy atom. The Bertz CT molecular complexity index is 572. The van der Waals surface area contributed by atoms with E-state index in [1.165, 1.54) is 23.5 Å². The van der Waals surface area contributed by atoms with E-state index in [1.807, 2.05) is 12.3 Å². The fourth-order valence-corrected chi connectivity index (χ4v) is 2.40. The zero-order valence-electron chi connectivity index (χ0n) is 10.2. The molecule has 1 atom stereocenters. The molecule has 2 aromatic heterocycles. The van der Waals surface area contributed by atoms with Crippen molar-refractivity contribution in [3.8, 4) is 0 Å². The van der Waals surface area contributed by atoms with Gasteiger partial charge in [-0.05, 0) is 12.5 Å². The SMILES string of the molecule is CCC(Nc1nc(N)ccc1[N+](=O)[O-])c1nccs1. The van der Waals surface area contributed by atoms with E-state index < -0.39 is 4.92 Å². The highest BCUT2D eigenvalue weighted by molar-refractivity contribution is 7.09. The molecule has 0 saturated heterocycles. The Morgan fingerprint density at radius 3 is 2.95 bits per heavy atom. The Kier molecular flexibility index (Phi) is 3.91. The number of nitrogen functional groups attached to an aromatic ring is 1. The van der Waals surface area contributed by atoms with Gasteiger partial charge in [0.1, 0.15) is 10.8 Å². The molecule has 0 radical (unpaired) electrons. The van der Waals surface area contributed by atoms with Gasteiger partial charge in [0.2, 0.25) is 5.82 Å². The highest BCUT2D eigenvalue weighted by Crippen LogP contribution is 2.29. The van der Waals surface area contributed by atoms with Crippen LogP contribution in [0, 0.1) is 10.1 Å². The van der Waals surface area contributed by atoms with E-state index in [-0.39, 0.29) is 23.4 Å². The molecular weight excluding hydrogens is 266 g/mol. The number of anilines is 2. The third-order valence-corrected chi connectivity index (χ3v) is 3.45. The quantitative estimate of drug-likeness (QED) is 0.643. The Hall–Kier alpha value is -2.22. The minimum Gasteiger partial charge on any atom is -0.384 e. The van der Waals surface area contributed by atoms with Crippen molar-refractivity contribution in [3.63, 3.8) is 0 Å². The molecule has 0 aromatic carbocycles. The summed E-state index contributed by atoms with van der Waals surface area (Å²) in [6.07, 6.45) is 2.44. The fraction of sp³-hybridized carbons (Fsp3) is 0.273. The topological polar surface area (TPSA) is 107 Å². The molecule has 1 unspecified atom stereocenters. The lowest BCUT2D eigenvalue weighted by Crippen LogP contribution is -2.12. The summed E-state index contributed by atoms with van der Waals surface area (Å²) in [6, 6.07) is 2.64. The molecule has 0 aliphatic rings. The first kappa shape index (κ1) is 13.2. The van der Waals surface area contributed by atoms with Crippen LogP contribution in [-0.2, 0) is 0 Å². The molecule has 0 spiro atoms. The van der Waals surface area contributed by atoms with E-state index in [9.17, 15) is 10.1 Å². The molecule has 2 aromatic rings. The van der Waals surface area contributed by atoms with Crippen molar-refractivity contribution >= 4 is 28.7 Å². The van der Waals surface area contributed by atoms with Crippen LogP contribution in [0.25, 0.3) is 0 Å². The van der Waals surface area contributed by atoms with Gasteiger partial charge in [0.15, 0.2) is 0 Å². The van der Waals surface area contributed by atoms with E-state index in [1.54, 1.807) is 6.20 Å². The molecule has 0 aliphatic heterocycles. The van der Waals surface area contributed by atoms with Crippen molar-refractivity contribution in [1.82, 2.24) is 9.97 Å². The summed E-state index contributed by atoms with van der Waals surface area (Å²) in [5.41, 5.74) is 5.48.